The molecule has 1 atom stereocenters. The Morgan fingerprint density at radius 2 is 1.68 bits per heavy atom. The zero-order valence-electron chi connectivity index (χ0n) is 10.1. The predicted octanol–water partition coefficient (Wildman–Crippen LogP) is 3.29. The highest BCUT2D eigenvalue weighted by Crippen LogP contribution is 2.37. The van der Waals surface area contributed by atoms with Gasteiger partial charge < -0.3 is 9.84 Å². The van der Waals surface area contributed by atoms with Crippen molar-refractivity contribution in [2.24, 2.45) is 0 Å². The Morgan fingerprint density at radius 3 is 2.42 bits per heavy atom. The van der Waals surface area contributed by atoms with Crippen molar-refractivity contribution < 1.29 is 14.6 Å². The summed E-state index contributed by atoms with van der Waals surface area (Å²) >= 11 is 0. The minimum Gasteiger partial charge on any atom is -0.481 e. The monoisotopic (exact) mass is 252 g/mol. The zero-order valence-corrected chi connectivity index (χ0v) is 10.1. The van der Waals surface area contributed by atoms with Crippen LogP contribution in [0.4, 0.5) is 0 Å². The number of rotatable bonds is 2. The highest BCUT2D eigenvalue weighted by molar-refractivity contribution is 5.84. The van der Waals surface area contributed by atoms with E-state index in [1.54, 1.807) is 18.2 Å². The van der Waals surface area contributed by atoms with Crippen LogP contribution in [-0.4, -0.2) is 11.1 Å². The summed E-state index contributed by atoms with van der Waals surface area (Å²) in [5.41, 5.74) is 1.57. The molecule has 0 amide bonds. The molecule has 94 valence electrons. The number of aliphatic carboxylic acids is 1. The van der Waals surface area contributed by atoms with E-state index in [0.717, 1.165) is 5.56 Å². The summed E-state index contributed by atoms with van der Waals surface area (Å²) in [7, 11) is 0. The first kappa shape index (κ1) is 11.5. The van der Waals surface area contributed by atoms with E-state index in [0.29, 0.717) is 17.1 Å². The van der Waals surface area contributed by atoms with Crippen LogP contribution in [0.5, 0.6) is 5.75 Å². The molecule has 3 heteroatoms. The van der Waals surface area contributed by atoms with E-state index >= 15 is 0 Å². The van der Waals surface area contributed by atoms with Crippen molar-refractivity contribution in [1.82, 2.24) is 0 Å². The smallest absolute Gasteiger partial charge is 0.315 e. The molecule has 0 saturated carbocycles. The number of fused-ring (bicyclic) bond motifs is 1. The molecule has 0 aromatic heterocycles. The lowest BCUT2D eigenvalue weighted by Gasteiger charge is -2.22. The van der Waals surface area contributed by atoms with Crippen LogP contribution in [0.25, 0.3) is 5.76 Å². The summed E-state index contributed by atoms with van der Waals surface area (Å²) in [6.07, 6.45) is 1.65. The summed E-state index contributed by atoms with van der Waals surface area (Å²) in [5, 5.41) is 9.35. The Kier molecular flexibility index (Phi) is 2.80. The number of para-hydroxylation sites is 1. The molecule has 0 fully saturated rings. The molecule has 1 aliphatic heterocycles. The first-order chi connectivity index (χ1) is 9.25. The van der Waals surface area contributed by atoms with Gasteiger partial charge in [-0.2, -0.15) is 0 Å². The molecule has 0 spiro atoms. The van der Waals surface area contributed by atoms with Crippen LogP contribution >= 0.6 is 0 Å². The Balaban J connectivity index is 2.08. The van der Waals surface area contributed by atoms with Gasteiger partial charge in [0.25, 0.3) is 0 Å². The van der Waals surface area contributed by atoms with Gasteiger partial charge in [0.05, 0.1) is 0 Å². The summed E-state index contributed by atoms with van der Waals surface area (Å²) in [6.45, 7) is 0. The highest BCUT2D eigenvalue weighted by atomic mass is 16.5. The van der Waals surface area contributed by atoms with Gasteiger partial charge >= 0.3 is 5.97 Å². The molecule has 1 unspecified atom stereocenters. The van der Waals surface area contributed by atoms with E-state index < -0.39 is 11.9 Å². The molecule has 0 aliphatic carbocycles. The standard InChI is InChI=1S/C16H12O3/c17-16(18)13-10-15(11-6-2-1-3-7-11)19-14-9-5-4-8-12(13)14/h1-10,13H,(H,17,18). The van der Waals surface area contributed by atoms with Gasteiger partial charge in [-0.3, -0.25) is 4.79 Å². The molecule has 0 radical (unpaired) electrons. The topological polar surface area (TPSA) is 46.5 Å². The van der Waals surface area contributed by atoms with Crippen LogP contribution < -0.4 is 4.74 Å². The fraction of sp³-hybridized carbons (Fsp3) is 0.0625. The fourth-order valence-corrected chi connectivity index (χ4v) is 2.19. The molecule has 1 heterocycles. The van der Waals surface area contributed by atoms with E-state index in [9.17, 15) is 9.90 Å². The molecule has 1 aliphatic rings. The van der Waals surface area contributed by atoms with Crippen molar-refractivity contribution in [3.8, 4) is 5.75 Å². The third kappa shape index (κ3) is 2.10. The van der Waals surface area contributed by atoms with Crippen molar-refractivity contribution in [1.29, 1.82) is 0 Å². The lowest BCUT2D eigenvalue weighted by Crippen LogP contribution is -2.16. The van der Waals surface area contributed by atoms with E-state index in [-0.39, 0.29) is 0 Å². The molecule has 1 N–H and O–H groups in total. The number of carbonyl (C=O) groups is 1. The predicted molar refractivity (Wildman–Crippen MR) is 71.9 cm³/mol. The SMILES string of the molecule is O=C(O)C1C=C(c2ccccc2)Oc2ccccc21. The van der Waals surface area contributed by atoms with E-state index in [4.69, 9.17) is 4.74 Å². The van der Waals surface area contributed by atoms with Crippen molar-refractivity contribution >= 4 is 11.7 Å². The molecule has 0 bridgehead atoms. The van der Waals surface area contributed by atoms with Crippen LogP contribution in [0.1, 0.15) is 17.0 Å². The van der Waals surface area contributed by atoms with Gasteiger partial charge in [-0.15, -0.1) is 0 Å². The number of carboxylic acids is 1. The van der Waals surface area contributed by atoms with Gasteiger partial charge in [0.2, 0.25) is 0 Å². The second kappa shape index (κ2) is 4.61. The first-order valence-electron chi connectivity index (χ1n) is 6.02. The minimum absolute atomic E-state index is 0.590. The van der Waals surface area contributed by atoms with Crippen LogP contribution in [0.2, 0.25) is 0 Å². The fourth-order valence-electron chi connectivity index (χ4n) is 2.19. The second-order valence-electron chi connectivity index (χ2n) is 4.35. The highest BCUT2D eigenvalue weighted by Gasteiger charge is 2.27. The van der Waals surface area contributed by atoms with Crippen LogP contribution in [0.15, 0.2) is 60.7 Å². The van der Waals surface area contributed by atoms with Crippen molar-refractivity contribution in [2.75, 3.05) is 0 Å². The molecule has 19 heavy (non-hydrogen) atoms. The third-order valence-corrected chi connectivity index (χ3v) is 3.12. The number of ether oxygens (including phenoxy) is 1. The number of carboxylic acid groups (broad SMARTS) is 1. The molecular weight excluding hydrogens is 240 g/mol. The molecule has 3 rings (SSSR count). The molecule has 0 saturated heterocycles. The maximum Gasteiger partial charge on any atom is 0.315 e. The van der Waals surface area contributed by atoms with Crippen molar-refractivity contribution in [3.05, 3.63) is 71.8 Å². The maximum absolute atomic E-state index is 11.4. The minimum atomic E-state index is -0.871. The Hall–Kier alpha value is -2.55. The summed E-state index contributed by atoms with van der Waals surface area (Å²) in [6, 6.07) is 16.7. The van der Waals surface area contributed by atoms with Gasteiger partial charge in [-0.25, -0.2) is 0 Å². The Morgan fingerprint density at radius 1 is 1.00 bits per heavy atom. The molecular formula is C16H12O3. The van der Waals surface area contributed by atoms with Crippen molar-refractivity contribution in [2.45, 2.75) is 5.92 Å². The largest absolute Gasteiger partial charge is 0.481 e. The lowest BCUT2D eigenvalue weighted by atomic mass is 9.94. The number of benzene rings is 2. The quantitative estimate of drug-likeness (QED) is 0.892. The lowest BCUT2D eigenvalue weighted by molar-refractivity contribution is -0.137. The Bertz CT molecular complexity index is 644. The van der Waals surface area contributed by atoms with Gasteiger partial charge in [-0.05, 0) is 12.1 Å². The first-order valence-corrected chi connectivity index (χ1v) is 6.02. The van der Waals surface area contributed by atoms with Gasteiger partial charge in [0, 0.05) is 11.1 Å². The van der Waals surface area contributed by atoms with E-state index in [1.165, 1.54) is 0 Å². The number of hydrogen-bond donors (Lipinski definition) is 1. The summed E-state index contributed by atoms with van der Waals surface area (Å²) < 4.78 is 5.80. The molecule has 2 aromatic rings. The summed E-state index contributed by atoms with van der Waals surface area (Å²) in [5.74, 6) is -0.340. The number of hydrogen-bond acceptors (Lipinski definition) is 2. The van der Waals surface area contributed by atoms with Crippen molar-refractivity contribution in [3.63, 3.8) is 0 Å². The van der Waals surface area contributed by atoms with E-state index in [1.807, 2.05) is 42.5 Å². The molecule has 3 nitrogen and oxygen atoms in total. The summed E-state index contributed by atoms with van der Waals surface area (Å²) in [4.78, 5) is 11.4. The third-order valence-electron chi connectivity index (χ3n) is 3.12. The average molecular weight is 252 g/mol. The zero-order chi connectivity index (χ0) is 13.2. The second-order valence-corrected chi connectivity index (χ2v) is 4.35. The van der Waals surface area contributed by atoms with E-state index in [2.05, 4.69) is 0 Å². The Labute approximate surface area is 110 Å². The van der Waals surface area contributed by atoms with Gasteiger partial charge in [-0.1, -0.05) is 48.5 Å². The van der Waals surface area contributed by atoms with Crippen LogP contribution in [0.3, 0.4) is 0 Å². The van der Waals surface area contributed by atoms with Gasteiger partial charge in [0.1, 0.15) is 17.4 Å². The average Bonchev–Trinajstić information content (AvgIpc) is 2.47. The van der Waals surface area contributed by atoms with Crippen LogP contribution in [-0.2, 0) is 4.79 Å². The maximum atomic E-state index is 11.4. The molecule has 2 aromatic carbocycles. The normalized spacial score (nSPS) is 17.1. The van der Waals surface area contributed by atoms with Gasteiger partial charge in [0.15, 0.2) is 0 Å². The van der Waals surface area contributed by atoms with Crippen LogP contribution in [0, 0.1) is 0 Å².